The molecule has 6 nitrogen and oxygen atoms in total. The molecule has 2 rings (SSSR count). The third-order valence-corrected chi connectivity index (χ3v) is 5.79. The van der Waals surface area contributed by atoms with Crippen molar-refractivity contribution in [2.24, 2.45) is 10.8 Å². The van der Waals surface area contributed by atoms with E-state index >= 15 is 0 Å². The lowest BCUT2D eigenvalue weighted by molar-refractivity contribution is -0.151. The number of carbonyl (C=O) groups is 4. The van der Waals surface area contributed by atoms with Crippen LogP contribution in [0.5, 0.6) is 0 Å². The van der Waals surface area contributed by atoms with Gasteiger partial charge in [0.2, 0.25) is 0 Å². The van der Waals surface area contributed by atoms with Gasteiger partial charge >= 0.3 is 11.9 Å². The van der Waals surface area contributed by atoms with E-state index in [0.717, 1.165) is 11.1 Å². The van der Waals surface area contributed by atoms with E-state index in [4.69, 9.17) is 9.47 Å². The Morgan fingerprint density at radius 3 is 1.38 bits per heavy atom. The standard InChI is InChI=1S/C28H34O6/c1-21(29)28(26(32)27(2,3)4,17-15-24(30)33-19-22-11-7-5-8-12-22)18-16-25(31)34-20-23-13-9-6-10-14-23/h5-14H,15-20H2,1-4H3. The van der Waals surface area contributed by atoms with Gasteiger partial charge in [-0.1, -0.05) is 81.4 Å². The molecule has 0 aliphatic rings. The van der Waals surface area contributed by atoms with Gasteiger partial charge in [-0.25, -0.2) is 0 Å². The van der Waals surface area contributed by atoms with Crippen LogP contribution < -0.4 is 0 Å². The highest BCUT2D eigenvalue weighted by Gasteiger charge is 2.47. The van der Waals surface area contributed by atoms with Gasteiger partial charge in [0.25, 0.3) is 0 Å². The first-order chi connectivity index (χ1) is 16.0. The third kappa shape index (κ3) is 7.94. The Hall–Kier alpha value is -3.28. The first kappa shape index (κ1) is 27.0. The van der Waals surface area contributed by atoms with Gasteiger partial charge in [0.15, 0.2) is 5.78 Å². The molecule has 0 saturated heterocycles. The van der Waals surface area contributed by atoms with Crippen LogP contribution in [0.15, 0.2) is 60.7 Å². The molecule has 0 bridgehead atoms. The lowest BCUT2D eigenvalue weighted by Gasteiger charge is -2.35. The SMILES string of the molecule is CC(=O)C(CCC(=O)OCc1ccccc1)(CCC(=O)OCc1ccccc1)C(=O)C(C)(C)C. The average Bonchev–Trinajstić information content (AvgIpc) is 2.82. The van der Waals surface area contributed by atoms with Crippen molar-refractivity contribution in [2.45, 2.75) is 66.6 Å². The van der Waals surface area contributed by atoms with Gasteiger partial charge in [-0.15, -0.1) is 0 Å². The lowest BCUT2D eigenvalue weighted by atomic mass is 9.65. The Morgan fingerprint density at radius 2 is 1.06 bits per heavy atom. The van der Waals surface area contributed by atoms with E-state index in [1.807, 2.05) is 60.7 Å². The van der Waals surface area contributed by atoms with Gasteiger partial charge in [-0.05, 0) is 30.9 Å². The van der Waals surface area contributed by atoms with Crippen LogP contribution in [-0.2, 0) is 41.9 Å². The van der Waals surface area contributed by atoms with Crippen LogP contribution in [-0.4, -0.2) is 23.5 Å². The summed E-state index contributed by atoms with van der Waals surface area (Å²) in [5.74, 6) is -1.65. The number of rotatable bonds is 12. The molecule has 0 saturated carbocycles. The van der Waals surface area contributed by atoms with E-state index in [1.165, 1.54) is 6.92 Å². The average molecular weight is 467 g/mol. The molecule has 182 valence electrons. The van der Waals surface area contributed by atoms with Gasteiger partial charge in [0, 0.05) is 18.3 Å². The molecule has 0 heterocycles. The normalized spacial score (nSPS) is 11.5. The van der Waals surface area contributed by atoms with Crippen molar-refractivity contribution in [1.29, 1.82) is 0 Å². The summed E-state index contributed by atoms with van der Waals surface area (Å²) in [7, 11) is 0. The zero-order valence-electron chi connectivity index (χ0n) is 20.5. The molecule has 0 spiro atoms. The summed E-state index contributed by atoms with van der Waals surface area (Å²) < 4.78 is 10.7. The molecule has 0 radical (unpaired) electrons. The minimum atomic E-state index is -1.46. The molecule has 34 heavy (non-hydrogen) atoms. The summed E-state index contributed by atoms with van der Waals surface area (Å²) in [5, 5.41) is 0. The van der Waals surface area contributed by atoms with Crippen LogP contribution in [0, 0.1) is 10.8 Å². The molecule has 0 N–H and O–H groups in total. The first-order valence-electron chi connectivity index (χ1n) is 11.5. The maximum atomic E-state index is 13.4. The van der Waals surface area contributed by atoms with E-state index in [1.54, 1.807) is 20.8 Å². The Balaban J connectivity index is 2.05. The van der Waals surface area contributed by atoms with Crippen LogP contribution in [0.25, 0.3) is 0 Å². The molecule has 0 aliphatic carbocycles. The van der Waals surface area contributed by atoms with Crippen molar-refractivity contribution in [3.05, 3.63) is 71.8 Å². The second kappa shape index (κ2) is 12.3. The van der Waals surface area contributed by atoms with Gasteiger partial charge < -0.3 is 9.47 Å². The van der Waals surface area contributed by atoms with E-state index in [9.17, 15) is 19.2 Å². The van der Waals surface area contributed by atoms with Gasteiger partial charge in [0.1, 0.15) is 19.0 Å². The number of hydrogen-bond acceptors (Lipinski definition) is 6. The Morgan fingerprint density at radius 1 is 0.676 bits per heavy atom. The molecule has 0 unspecified atom stereocenters. The van der Waals surface area contributed by atoms with Crippen molar-refractivity contribution in [3.8, 4) is 0 Å². The number of carbonyl (C=O) groups excluding carboxylic acids is 4. The minimum absolute atomic E-state index is 0.0158. The summed E-state index contributed by atoms with van der Waals surface area (Å²) in [6, 6.07) is 18.5. The molecule has 0 fully saturated rings. The number of ether oxygens (including phenoxy) is 2. The van der Waals surface area contributed by atoms with Crippen LogP contribution in [0.3, 0.4) is 0 Å². The summed E-state index contributed by atoms with van der Waals surface area (Å²) in [4.78, 5) is 51.0. The smallest absolute Gasteiger partial charge is 0.306 e. The van der Waals surface area contributed by atoms with E-state index < -0.39 is 22.8 Å². The minimum Gasteiger partial charge on any atom is -0.461 e. The molecular weight excluding hydrogens is 432 g/mol. The number of hydrogen-bond donors (Lipinski definition) is 0. The highest BCUT2D eigenvalue weighted by Crippen LogP contribution is 2.39. The maximum Gasteiger partial charge on any atom is 0.306 e. The Kier molecular flexibility index (Phi) is 9.72. The van der Waals surface area contributed by atoms with Gasteiger partial charge in [-0.3, -0.25) is 19.2 Å². The largest absolute Gasteiger partial charge is 0.461 e. The van der Waals surface area contributed by atoms with E-state index in [-0.39, 0.29) is 50.5 Å². The van der Waals surface area contributed by atoms with Gasteiger partial charge in [-0.2, -0.15) is 0 Å². The predicted molar refractivity (Wildman–Crippen MR) is 129 cm³/mol. The molecule has 0 amide bonds. The number of esters is 2. The van der Waals surface area contributed by atoms with Crippen molar-refractivity contribution in [1.82, 2.24) is 0 Å². The Labute approximate surface area is 201 Å². The molecule has 0 aromatic heterocycles. The fraction of sp³-hybridized carbons (Fsp3) is 0.429. The van der Waals surface area contributed by atoms with Gasteiger partial charge in [0.05, 0.1) is 5.41 Å². The summed E-state index contributed by atoms with van der Waals surface area (Å²) in [6.45, 7) is 6.77. The second-order valence-electron chi connectivity index (χ2n) is 9.51. The summed E-state index contributed by atoms with van der Waals surface area (Å²) in [6.07, 6.45) is -0.239. The number of Topliss-reactive ketones (excluding diaryl/α,β-unsaturated/α-hetero) is 2. The van der Waals surface area contributed by atoms with E-state index in [2.05, 4.69) is 0 Å². The first-order valence-corrected chi connectivity index (χ1v) is 11.5. The highest BCUT2D eigenvalue weighted by molar-refractivity contribution is 6.08. The van der Waals surface area contributed by atoms with Crippen LogP contribution >= 0.6 is 0 Å². The van der Waals surface area contributed by atoms with Crippen molar-refractivity contribution >= 4 is 23.5 Å². The van der Waals surface area contributed by atoms with Crippen LogP contribution in [0.4, 0.5) is 0 Å². The molecule has 6 heteroatoms. The number of ketones is 2. The molecule has 2 aromatic carbocycles. The fourth-order valence-corrected chi connectivity index (χ4v) is 3.83. The third-order valence-electron chi connectivity index (χ3n) is 5.79. The van der Waals surface area contributed by atoms with Crippen molar-refractivity contribution < 1.29 is 28.7 Å². The molecule has 2 aromatic rings. The number of benzene rings is 2. The second-order valence-corrected chi connectivity index (χ2v) is 9.51. The predicted octanol–water partition coefficient (Wildman–Crippen LogP) is 5.22. The molecule has 0 atom stereocenters. The summed E-state index contributed by atoms with van der Waals surface area (Å²) >= 11 is 0. The van der Waals surface area contributed by atoms with E-state index in [0.29, 0.717) is 0 Å². The quantitative estimate of drug-likeness (QED) is 0.315. The topological polar surface area (TPSA) is 86.7 Å². The van der Waals surface area contributed by atoms with Crippen LogP contribution in [0.2, 0.25) is 0 Å². The van der Waals surface area contributed by atoms with Crippen LogP contribution in [0.1, 0.15) is 64.5 Å². The zero-order chi connectivity index (χ0) is 25.2. The highest BCUT2D eigenvalue weighted by atomic mass is 16.5. The lowest BCUT2D eigenvalue weighted by Crippen LogP contribution is -2.45. The zero-order valence-corrected chi connectivity index (χ0v) is 20.5. The summed E-state index contributed by atoms with van der Waals surface area (Å²) in [5.41, 5.74) is -0.593. The molecule has 0 aliphatic heterocycles. The van der Waals surface area contributed by atoms with Crippen molar-refractivity contribution in [3.63, 3.8) is 0 Å². The fourth-order valence-electron chi connectivity index (χ4n) is 3.83. The monoisotopic (exact) mass is 466 g/mol. The van der Waals surface area contributed by atoms with Crippen molar-refractivity contribution in [2.75, 3.05) is 0 Å². The Bertz CT molecular complexity index is 913. The maximum absolute atomic E-state index is 13.4. The molecular formula is C28H34O6.